The summed E-state index contributed by atoms with van der Waals surface area (Å²) in [5.74, 6) is 0. The predicted octanol–water partition coefficient (Wildman–Crippen LogP) is -4.21. The lowest BCUT2D eigenvalue weighted by atomic mass is 10.0. The normalized spacial score (nSPS) is 12.7. The van der Waals surface area contributed by atoms with Crippen LogP contribution < -0.4 is 38.5 Å². The summed E-state index contributed by atoms with van der Waals surface area (Å²) in [6.45, 7) is 3.45. The number of aromatic nitrogens is 2. The molecule has 0 radical (unpaired) electrons. The number of hydrogen-bond donors (Lipinski definition) is 0. The summed E-state index contributed by atoms with van der Waals surface area (Å²) in [5.41, 5.74) is 2.89. The lowest BCUT2D eigenvalue weighted by molar-refractivity contribution is -0.671. The molecule has 0 bridgehead atoms. The Morgan fingerprint density at radius 1 is 1.14 bits per heavy atom. The van der Waals surface area contributed by atoms with Gasteiger partial charge in [0.15, 0.2) is 6.21 Å². The summed E-state index contributed by atoms with van der Waals surface area (Å²) in [4.78, 5) is 0. The highest BCUT2D eigenvalue weighted by atomic mass is 79.9. The molecule has 3 rings (SSSR count). The zero-order chi connectivity index (χ0) is 13.8. The first-order chi connectivity index (χ1) is 9.81. The second-order valence-corrected chi connectivity index (χ2v) is 5.64. The second kappa shape index (κ2) is 9.26. The van der Waals surface area contributed by atoms with E-state index in [1.807, 2.05) is 0 Å². The molecule has 5 heteroatoms. The molecule has 0 saturated heterocycles. The average molecular weight is 429 g/mol. The second-order valence-electron chi connectivity index (χ2n) is 5.64. The summed E-state index contributed by atoms with van der Waals surface area (Å²) >= 11 is 0. The van der Waals surface area contributed by atoms with Crippen LogP contribution in [0.4, 0.5) is 0 Å². The SMILES string of the molecule is C[n+]1ccn(CCCC[N+]2=Cc3ccccc3CC2)c1.[Br-].[Br-]. The van der Waals surface area contributed by atoms with Crippen molar-refractivity contribution in [2.24, 2.45) is 7.05 Å². The van der Waals surface area contributed by atoms with Gasteiger partial charge in [0, 0.05) is 18.4 Å². The number of unbranched alkanes of at least 4 members (excludes halogenated alkanes) is 1. The van der Waals surface area contributed by atoms with E-state index in [0.717, 1.165) is 13.1 Å². The van der Waals surface area contributed by atoms with E-state index in [2.05, 4.69) is 70.0 Å². The highest BCUT2D eigenvalue weighted by molar-refractivity contribution is 5.78. The Labute approximate surface area is 153 Å². The lowest BCUT2D eigenvalue weighted by Crippen LogP contribution is -3.00. The molecule has 0 unspecified atom stereocenters. The first kappa shape index (κ1) is 19.1. The Kier molecular flexibility index (Phi) is 8.04. The van der Waals surface area contributed by atoms with Crippen molar-refractivity contribution >= 4 is 6.21 Å². The molecule has 0 saturated carbocycles. The fraction of sp³-hybridized carbons (Fsp3) is 0.412. The van der Waals surface area contributed by atoms with Crippen LogP contribution in [0.1, 0.15) is 24.0 Å². The van der Waals surface area contributed by atoms with Gasteiger partial charge >= 0.3 is 0 Å². The zero-order valence-corrected chi connectivity index (χ0v) is 16.1. The van der Waals surface area contributed by atoms with Crippen molar-refractivity contribution in [1.29, 1.82) is 0 Å². The van der Waals surface area contributed by atoms with Crippen LogP contribution >= 0.6 is 0 Å². The number of imidazole rings is 1. The van der Waals surface area contributed by atoms with Crippen LogP contribution in [0.3, 0.4) is 0 Å². The molecule has 0 N–H and O–H groups in total. The Morgan fingerprint density at radius 2 is 1.95 bits per heavy atom. The molecule has 0 amide bonds. The Hall–Kier alpha value is -0.940. The molecule has 2 heterocycles. The number of benzene rings is 1. The van der Waals surface area contributed by atoms with Gasteiger partial charge in [0.1, 0.15) is 25.5 Å². The summed E-state index contributed by atoms with van der Waals surface area (Å²) in [7, 11) is 2.07. The van der Waals surface area contributed by atoms with Crippen LogP contribution in [0.25, 0.3) is 0 Å². The molecule has 0 fully saturated rings. The molecule has 1 aliphatic heterocycles. The summed E-state index contributed by atoms with van der Waals surface area (Å²) in [6, 6.07) is 8.74. The van der Waals surface area contributed by atoms with E-state index in [9.17, 15) is 0 Å². The fourth-order valence-corrected chi connectivity index (χ4v) is 2.83. The van der Waals surface area contributed by atoms with Gasteiger partial charge in [0.05, 0.1) is 13.6 Å². The zero-order valence-electron chi connectivity index (χ0n) is 13.0. The minimum atomic E-state index is 0. The van der Waals surface area contributed by atoms with Crippen molar-refractivity contribution in [3.8, 4) is 0 Å². The number of hydrogen-bond acceptors (Lipinski definition) is 0. The van der Waals surface area contributed by atoms with Crippen molar-refractivity contribution in [3.63, 3.8) is 0 Å². The maximum absolute atomic E-state index is 2.47. The number of fused-ring (bicyclic) bond motifs is 1. The van der Waals surface area contributed by atoms with E-state index in [1.54, 1.807) is 0 Å². The Balaban J connectivity index is 0.00000121. The van der Waals surface area contributed by atoms with E-state index in [4.69, 9.17) is 0 Å². The molecule has 22 heavy (non-hydrogen) atoms. The van der Waals surface area contributed by atoms with E-state index in [0.29, 0.717) is 0 Å². The fourth-order valence-electron chi connectivity index (χ4n) is 2.83. The van der Waals surface area contributed by atoms with Crippen LogP contribution in [0.2, 0.25) is 0 Å². The number of aryl methyl sites for hydroxylation is 2. The third-order valence-electron chi connectivity index (χ3n) is 3.98. The molecule has 1 aromatic heterocycles. The van der Waals surface area contributed by atoms with Gasteiger partial charge in [-0.05, 0) is 18.1 Å². The smallest absolute Gasteiger partial charge is 0.243 e. The molecule has 2 aromatic rings. The first-order valence-electron chi connectivity index (χ1n) is 7.49. The van der Waals surface area contributed by atoms with Crippen molar-refractivity contribution < 1.29 is 43.1 Å². The summed E-state index contributed by atoms with van der Waals surface area (Å²) in [6.07, 6.45) is 12.4. The first-order valence-corrected chi connectivity index (χ1v) is 7.49. The topological polar surface area (TPSA) is 11.8 Å². The largest absolute Gasteiger partial charge is 1.00 e. The highest BCUT2D eigenvalue weighted by Crippen LogP contribution is 2.11. The van der Waals surface area contributed by atoms with Gasteiger partial charge in [-0.1, -0.05) is 18.2 Å². The Bertz CT molecular complexity index is 620. The minimum absolute atomic E-state index is 0. The number of halogens is 2. The maximum Gasteiger partial charge on any atom is 0.243 e. The number of rotatable bonds is 5. The van der Waals surface area contributed by atoms with E-state index in [1.165, 1.54) is 36.9 Å². The third kappa shape index (κ3) is 5.06. The maximum atomic E-state index is 2.47. The van der Waals surface area contributed by atoms with Crippen LogP contribution in [-0.4, -0.2) is 28.4 Å². The van der Waals surface area contributed by atoms with Crippen molar-refractivity contribution in [3.05, 3.63) is 54.1 Å². The molecule has 120 valence electrons. The van der Waals surface area contributed by atoms with Gasteiger partial charge in [0.25, 0.3) is 0 Å². The molecule has 3 nitrogen and oxygen atoms in total. The van der Waals surface area contributed by atoms with E-state index >= 15 is 0 Å². The Morgan fingerprint density at radius 3 is 2.73 bits per heavy atom. The van der Waals surface area contributed by atoms with E-state index in [-0.39, 0.29) is 34.0 Å². The molecule has 0 spiro atoms. The van der Waals surface area contributed by atoms with Crippen LogP contribution in [0, 0.1) is 0 Å². The molecule has 1 aromatic carbocycles. The van der Waals surface area contributed by atoms with Gasteiger partial charge in [-0.3, -0.25) is 0 Å². The van der Waals surface area contributed by atoms with Gasteiger partial charge < -0.3 is 34.0 Å². The van der Waals surface area contributed by atoms with Crippen LogP contribution in [0.5, 0.6) is 0 Å². The summed E-state index contributed by atoms with van der Waals surface area (Å²) in [5, 5.41) is 0. The molecule has 1 aliphatic rings. The number of nitrogens with zero attached hydrogens (tertiary/aromatic N) is 3. The van der Waals surface area contributed by atoms with Crippen molar-refractivity contribution in [2.45, 2.75) is 25.8 Å². The molecule has 0 atom stereocenters. The monoisotopic (exact) mass is 427 g/mol. The van der Waals surface area contributed by atoms with Gasteiger partial charge in [-0.25, -0.2) is 13.7 Å². The lowest BCUT2D eigenvalue weighted by Gasteiger charge is -2.11. The van der Waals surface area contributed by atoms with Gasteiger partial charge in [-0.15, -0.1) is 0 Å². The summed E-state index contributed by atoms with van der Waals surface area (Å²) < 4.78 is 6.82. The van der Waals surface area contributed by atoms with Gasteiger partial charge in [-0.2, -0.15) is 0 Å². The quantitative estimate of drug-likeness (QED) is 0.338. The molecular formula is C17H23Br2N3. The third-order valence-corrected chi connectivity index (χ3v) is 3.98. The predicted molar refractivity (Wildman–Crippen MR) is 80.1 cm³/mol. The van der Waals surface area contributed by atoms with Crippen molar-refractivity contribution in [1.82, 2.24) is 4.57 Å². The molecular weight excluding hydrogens is 406 g/mol. The van der Waals surface area contributed by atoms with Crippen LogP contribution in [-0.2, 0) is 20.0 Å². The highest BCUT2D eigenvalue weighted by Gasteiger charge is 2.14. The molecule has 0 aliphatic carbocycles. The van der Waals surface area contributed by atoms with E-state index < -0.39 is 0 Å². The average Bonchev–Trinajstić information content (AvgIpc) is 2.89. The van der Waals surface area contributed by atoms with Crippen molar-refractivity contribution in [2.75, 3.05) is 13.1 Å². The standard InChI is InChI=1S/C17H23N3.2BrH/c1-18-12-13-20(15-18)10-5-4-9-19-11-8-16-6-2-3-7-17(16)14-19;;/h2-3,6-7,12-15H,4-5,8-11H2,1H3;2*1H/q+2;;/p-2. The van der Waals surface area contributed by atoms with Crippen LogP contribution in [0.15, 0.2) is 43.0 Å². The minimum Gasteiger partial charge on any atom is -1.00 e. The van der Waals surface area contributed by atoms with Gasteiger partial charge in [0.2, 0.25) is 6.33 Å².